The van der Waals surface area contributed by atoms with Crippen LogP contribution in [0.4, 0.5) is 0 Å². The second kappa shape index (κ2) is 4.77. The quantitative estimate of drug-likeness (QED) is 0.750. The number of carbonyl (C=O) groups excluding carboxylic acids is 1. The van der Waals surface area contributed by atoms with Crippen LogP contribution in [-0.2, 0) is 11.3 Å². The molecule has 1 unspecified atom stereocenters. The monoisotopic (exact) mass is 192 g/mol. The van der Waals surface area contributed by atoms with Crippen LogP contribution in [0, 0.1) is 0 Å². The summed E-state index contributed by atoms with van der Waals surface area (Å²) < 4.78 is 0. The minimum Gasteiger partial charge on any atom is -0.369 e. The third-order valence-electron chi connectivity index (χ3n) is 2.34. The molecule has 3 nitrogen and oxygen atoms in total. The predicted octanol–water partition coefficient (Wildman–Crippen LogP) is 1.12. The van der Waals surface area contributed by atoms with E-state index in [1.807, 2.05) is 31.2 Å². The van der Waals surface area contributed by atoms with Gasteiger partial charge in [0.2, 0.25) is 5.91 Å². The van der Waals surface area contributed by atoms with E-state index in [0.29, 0.717) is 6.54 Å². The number of hydrogen-bond donors (Lipinski definition) is 2. The van der Waals surface area contributed by atoms with Gasteiger partial charge >= 0.3 is 0 Å². The largest absolute Gasteiger partial charge is 0.369 e. The van der Waals surface area contributed by atoms with Crippen LogP contribution in [0.2, 0.25) is 0 Å². The first-order chi connectivity index (χ1) is 6.69. The molecule has 0 aliphatic carbocycles. The van der Waals surface area contributed by atoms with Crippen LogP contribution in [0.15, 0.2) is 24.3 Å². The Morgan fingerprint density at radius 2 is 2.21 bits per heavy atom. The van der Waals surface area contributed by atoms with E-state index in [9.17, 15) is 4.79 Å². The van der Waals surface area contributed by atoms with Crippen molar-refractivity contribution in [2.24, 2.45) is 11.5 Å². The third kappa shape index (κ3) is 2.33. The number of nitrogens with two attached hydrogens (primary N) is 2. The lowest BCUT2D eigenvalue weighted by molar-refractivity contribution is -0.119. The fraction of sp³-hybridized carbons (Fsp3) is 0.364. The maximum Gasteiger partial charge on any atom is 0.224 e. The molecule has 0 radical (unpaired) electrons. The van der Waals surface area contributed by atoms with Crippen LogP contribution in [-0.4, -0.2) is 5.91 Å². The fourth-order valence-electron chi connectivity index (χ4n) is 1.54. The zero-order valence-corrected chi connectivity index (χ0v) is 8.36. The van der Waals surface area contributed by atoms with Crippen molar-refractivity contribution in [3.05, 3.63) is 35.4 Å². The molecule has 1 atom stereocenters. The van der Waals surface area contributed by atoms with Crippen LogP contribution in [0.25, 0.3) is 0 Å². The van der Waals surface area contributed by atoms with E-state index in [4.69, 9.17) is 11.5 Å². The molecule has 76 valence electrons. The minimum absolute atomic E-state index is 0.193. The van der Waals surface area contributed by atoms with Crippen molar-refractivity contribution >= 4 is 5.91 Å². The summed E-state index contributed by atoms with van der Waals surface area (Å²) in [5, 5.41) is 0. The second-order valence-electron chi connectivity index (χ2n) is 3.31. The number of primary amides is 1. The molecule has 0 aliphatic heterocycles. The Morgan fingerprint density at radius 3 is 2.71 bits per heavy atom. The molecule has 1 aromatic carbocycles. The molecule has 3 heteroatoms. The van der Waals surface area contributed by atoms with Gasteiger partial charge in [0.25, 0.3) is 0 Å². The van der Waals surface area contributed by atoms with E-state index in [0.717, 1.165) is 17.5 Å². The van der Waals surface area contributed by atoms with E-state index in [-0.39, 0.29) is 11.8 Å². The Morgan fingerprint density at radius 1 is 1.50 bits per heavy atom. The number of rotatable bonds is 4. The summed E-state index contributed by atoms with van der Waals surface area (Å²) in [6.07, 6.45) is 0.726. The molecule has 1 amide bonds. The van der Waals surface area contributed by atoms with Crippen molar-refractivity contribution in [3.63, 3.8) is 0 Å². The maximum atomic E-state index is 11.1. The van der Waals surface area contributed by atoms with E-state index < -0.39 is 0 Å². The Balaban J connectivity index is 2.98. The Bertz CT molecular complexity index is 323. The third-order valence-corrected chi connectivity index (χ3v) is 2.34. The summed E-state index contributed by atoms with van der Waals surface area (Å²) in [7, 11) is 0. The van der Waals surface area contributed by atoms with Crippen LogP contribution in [0.3, 0.4) is 0 Å². The molecule has 0 spiro atoms. The van der Waals surface area contributed by atoms with Gasteiger partial charge in [0.15, 0.2) is 0 Å². The fourth-order valence-corrected chi connectivity index (χ4v) is 1.54. The predicted molar refractivity (Wildman–Crippen MR) is 56.6 cm³/mol. The van der Waals surface area contributed by atoms with Gasteiger partial charge in [-0.1, -0.05) is 31.2 Å². The van der Waals surface area contributed by atoms with Gasteiger partial charge < -0.3 is 11.5 Å². The Hall–Kier alpha value is -1.35. The van der Waals surface area contributed by atoms with Crippen molar-refractivity contribution in [3.8, 4) is 0 Å². The Kier molecular flexibility index (Phi) is 3.65. The molecule has 4 N–H and O–H groups in total. The van der Waals surface area contributed by atoms with Gasteiger partial charge in [-0.25, -0.2) is 0 Å². The standard InChI is InChI=1S/C11H16N2O/c1-2-10(11(13)14)9-5-3-4-8(6-9)7-12/h3-6,10H,2,7,12H2,1H3,(H2,13,14). The summed E-state index contributed by atoms with van der Waals surface area (Å²) in [6.45, 7) is 2.44. The van der Waals surface area contributed by atoms with E-state index in [1.165, 1.54) is 0 Å². The summed E-state index contributed by atoms with van der Waals surface area (Å²) in [5.74, 6) is -0.469. The highest BCUT2D eigenvalue weighted by molar-refractivity contribution is 5.81. The van der Waals surface area contributed by atoms with Gasteiger partial charge in [-0.05, 0) is 17.5 Å². The first kappa shape index (κ1) is 10.7. The maximum absolute atomic E-state index is 11.1. The highest BCUT2D eigenvalue weighted by Gasteiger charge is 2.14. The number of benzene rings is 1. The van der Waals surface area contributed by atoms with E-state index in [1.54, 1.807) is 0 Å². The van der Waals surface area contributed by atoms with Crippen LogP contribution >= 0.6 is 0 Å². The molecule has 0 bridgehead atoms. The summed E-state index contributed by atoms with van der Waals surface area (Å²) in [4.78, 5) is 11.1. The normalized spacial score (nSPS) is 12.4. The van der Waals surface area contributed by atoms with E-state index in [2.05, 4.69) is 0 Å². The summed E-state index contributed by atoms with van der Waals surface area (Å²) >= 11 is 0. The van der Waals surface area contributed by atoms with Crippen molar-refractivity contribution in [2.75, 3.05) is 0 Å². The van der Waals surface area contributed by atoms with Crippen LogP contribution in [0.5, 0.6) is 0 Å². The van der Waals surface area contributed by atoms with Gasteiger partial charge in [0.05, 0.1) is 5.92 Å². The highest BCUT2D eigenvalue weighted by atomic mass is 16.1. The lowest BCUT2D eigenvalue weighted by atomic mass is 9.94. The molecule has 0 saturated carbocycles. The molecule has 0 heterocycles. The van der Waals surface area contributed by atoms with Gasteiger partial charge in [-0.15, -0.1) is 0 Å². The van der Waals surface area contributed by atoms with Gasteiger partial charge in [0.1, 0.15) is 0 Å². The molecule has 0 aliphatic rings. The number of amides is 1. The van der Waals surface area contributed by atoms with Crippen molar-refractivity contribution in [2.45, 2.75) is 25.8 Å². The first-order valence-corrected chi connectivity index (χ1v) is 4.77. The molecule has 0 saturated heterocycles. The summed E-state index contributed by atoms with van der Waals surface area (Å²) in [6, 6.07) is 7.71. The molecule has 14 heavy (non-hydrogen) atoms. The number of hydrogen-bond acceptors (Lipinski definition) is 2. The molecule has 1 rings (SSSR count). The minimum atomic E-state index is -0.276. The van der Waals surface area contributed by atoms with Gasteiger partial charge in [-0.2, -0.15) is 0 Å². The molecular weight excluding hydrogens is 176 g/mol. The lowest BCUT2D eigenvalue weighted by Gasteiger charge is -2.11. The lowest BCUT2D eigenvalue weighted by Crippen LogP contribution is -2.20. The average Bonchev–Trinajstić information content (AvgIpc) is 2.19. The average molecular weight is 192 g/mol. The first-order valence-electron chi connectivity index (χ1n) is 4.77. The second-order valence-corrected chi connectivity index (χ2v) is 3.31. The Labute approximate surface area is 84.1 Å². The van der Waals surface area contributed by atoms with Gasteiger partial charge in [0, 0.05) is 6.54 Å². The highest BCUT2D eigenvalue weighted by Crippen LogP contribution is 2.19. The number of carbonyl (C=O) groups is 1. The zero-order chi connectivity index (χ0) is 10.6. The van der Waals surface area contributed by atoms with Gasteiger partial charge in [-0.3, -0.25) is 4.79 Å². The topological polar surface area (TPSA) is 69.1 Å². The zero-order valence-electron chi connectivity index (χ0n) is 8.36. The smallest absolute Gasteiger partial charge is 0.224 e. The SMILES string of the molecule is CCC(C(N)=O)c1cccc(CN)c1. The molecule has 0 aromatic heterocycles. The van der Waals surface area contributed by atoms with Crippen LogP contribution in [0.1, 0.15) is 30.4 Å². The van der Waals surface area contributed by atoms with Crippen molar-refractivity contribution in [1.29, 1.82) is 0 Å². The molecular formula is C11H16N2O. The van der Waals surface area contributed by atoms with E-state index >= 15 is 0 Å². The molecule has 0 fully saturated rings. The van der Waals surface area contributed by atoms with Crippen molar-refractivity contribution in [1.82, 2.24) is 0 Å². The molecule has 1 aromatic rings. The van der Waals surface area contributed by atoms with Crippen molar-refractivity contribution < 1.29 is 4.79 Å². The summed E-state index contributed by atoms with van der Waals surface area (Å²) in [5.41, 5.74) is 12.8. The van der Waals surface area contributed by atoms with Crippen LogP contribution < -0.4 is 11.5 Å².